The van der Waals surface area contributed by atoms with Gasteiger partial charge in [-0.3, -0.25) is 9.59 Å². The van der Waals surface area contributed by atoms with Crippen LogP contribution in [-0.2, 0) is 9.63 Å². The average molecular weight is 472 g/mol. The predicted molar refractivity (Wildman–Crippen MR) is 132 cm³/mol. The Hall–Kier alpha value is -2.96. The van der Waals surface area contributed by atoms with E-state index in [9.17, 15) is 14.4 Å². The number of fused-ring (bicyclic) bond motifs is 1. The van der Waals surface area contributed by atoms with E-state index in [0.29, 0.717) is 24.1 Å². The zero-order chi connectivity index (χ0) is 24.9. The molecule has 0 radical (unpaired) electrons. The van der Waals surface area contributed by atoms with Crippen molar-refractivity contribution in [2.45, 2.75) is 84.5 Å². The SMILES string of the molecule is CCCCCCCCCC(=O)ON=C(CCCC)c1cc(OC)c2c(c1OC)C(=O)C=CC2=O. The van der Waals surface area contributed by atoms with Crippen LogP contribution >= 0.6 is 0 Å². The molecule has 0 N–H and O–H groups in total. The Bertz CT molecular complexity index is 932. The third-order valence-electron chi connectivity index (χ3n) is 5.87. The van der Waals surface area contributed by atoms with E-state index in [1.807, 2.05) is 6.92 Å². The number of nitrogens with zero attached hydrogens (tertiary/aromatic N) is 1. The first-order valence-corrected chi connectivity index (χ1v) is 12.3. The van der Waals surface area contributed by atoms with Crippen molar-refractivity contribution in [3.05, 3.63) is 34.9 Å². The van der Waals surface area contributed by atoms with Crippen molar-refractivity contribution in [2.24, 2.45) is 5.16 Å². The normalized spacial score (nSPS) is 13.1. The predicted octanol–water partition coefficient (Wildman–Crippen LogP) is 6.22. The van der Waals surface area contributed by atoms with Gasteiger partial charge in [-0.25, -0.2) is 4.79 Å². The molecule has 7 heteroatoms. The lowest BCUT2D eigenvalue weighted by atomic mass is 9.89. The molecule has 1 aromatic rings. The molecule has 2 rings (SSSR count). The third-order valence-corrected chi connectivity index (χ3v) is 5.87. The summed E-state index contributed by atoms with van der Waals surface area (Å²) in [7, 11) is 2.87. The largest absolute Gasteiger partial charge is 0.496 e. The Kier molecular flexibility index (Phi) is 11.5. The zero-order valence-electron chi connectivity index (χ0n) is 20.9. The summed E-state index contributed by atoms with van der Waals surface area (Å²) in [6, 6.07) is 1.63. The van der Waals surface area contributed by atoms with Gasteiger partial charge in [-0.05, 0) is 37.5 Å². The van der Waals surface area contributed by atoms with Gasteiger partial charge in [-0.15, -0.1) is 0 Å². The molecule has 0 atom stereocenters. The smallest absolute Gasteiger partial charge is 0.335 e. The second-order valence-electron chi connectivity index (χ2n) is 8.45. The van der Waals surface area contributed by atoms with Crippen LogP contribution in [0.3, 0.4) is 0 Å². The third kappa shape index (κ3) is 7.27. The summed E-state index contributed by atoms with van der Waals surface area (Å²) in [5.74, 6) is -0.578. The Morgan fingerprint density at radius 3 is 2.03 bits per heavy atom. The Balaban J connectivity index is 2.23. The summed E-state index contributed by atoms with van der Waals surface area (Å²) in [5.41, 5.74) is 1.26. The summed E-state index contributed by atoms with van der Waals surface area (Å²) in [6.07, 6.45) is 12.7. The molecule has 0 spiro atoms. The molecule has 1 aliphatic carbocycles. The van der Waals surface area contributed by atoms with Gasteiger partial charge in [0.05, 0.1) is 31.1 Å². The first kappa shape index (κ1) is 27.3. The van der Waals surface area contributed by atoms with E-state index in [-0.39, 0.29) is 40.2 Å². The average Bonchev–Trinajstić information content (AvgIpc) is 2.84. The summed E-state index contributed by atoms with van der Waals surface area (Å²) >= 11 is 0. The highest BCUT2D eigenvalue weighted by molar-refractivity contribution is 6.25. The van der Waals surface area contributed by atoms with Gasteiger partial charge >= 0.3 is 5.97 Å². The molecular formula is C27H37NO6. The van der Waals surface area contributed by atoms with Crippen LogP contribution in [0, 0.1) is 0 Å². The molecule has 0 unspecified atom stereocenters. The number of methoxy groups -OCH3 is 2. The fourth-order valence-corrected chi connectivity index (χ4v) is 3.98. The summed E-state index contributed by atoms with van der Waals surface area (Å²) in [6.45, 7) is 4.23. The highest BCUT2D eigenvalue weighted by Crippen LogP contribution is 2.38. The van der Waals surface area contributed by atoms with Crippen molar-refractivity contribution >= 4 is 23.2 Å². The number of carbonyl (C=O) groups excluding carboxylic acids is 3. The number of allylic oxidation sites excluding steroid dienone is 2. The number of unbranched alkanes of at least 4 members (excludes halogenated alkanes) is 7. The quantitative estimate of drug-likeness (QED) is 0.131. The summed E-state index contributed by atoms with van der Waals surface area (Å²) in [5, 5.41) is 4.17. The lowest BCUT2D eigenvalue weighted by molar-refractivity contribution is -0.143. The molecular weight excluding hydrogens is 434 g/mol. The second-order valence-corrected chi connectivity index (χ2v) is 8.45. The van der Waals surface area contributed by atoms with Crippen molar-refractivity contribution < 1.29 is 28.7 Å². The summed E-state index contributed by atoms with van der Waals surface area (Å²) < 4.78 is 11.0. The minimum Gasteiger partial charge on any atom is -0.496 e. The van der Waals surface area contributed by atoms with Gasteiger partial charge in [-0.1, -0.05) is 63.9 Å². The highest BCUT2D eigenvalue weighted by atomic mass is 16.7. The number of oxime groups is 1. The van der Waals surface area contributed by atoms with Crippen LogP contribution in [0.1, 0.15) is 111 Å². The van der Waals surface area contributed by atoms with Gasteiger partial charge in [0.1, 0.15) is 11.5 Å². The number of rotatable bonds is 15. The van der Waals surface area contributed by atoms with E-state index in [1.54, 1.807) is 6.07 Å². The minimum atomic E-state index is -0.388. The van der Waals surface area contributed by atoms with Crippen molar-refractivity contribution in [3.63, 3.8) is 0 Å². The summed E-state index contributed by atoms with van der Waals surface area (Å²) in [4.78, 5) is 42.7. The van der Waals surface area contributed by atoms with Gasteiger partial charge in [-0.2, -0.15) is 0 Å². The molecule has 1 aliphatic rings. The van der Waals surface area contributed by atoms with Crippen LogP contribution in [-0.4, -0.2) is 37.5 Å². The molecule has 186 valence electrons. The van der Waals surface area contributed by atoms with E-state index in [1.165, 1.54) is 52.1 Å². The van der Waals surface area contributed by atoms with E-state index < -0.39 is 0 Å². The fourth-order valence-electron chi connectivity index (χ4n) is 3.98. The Labute approximate surface area is 202 Å². The second kappa shape index (κ2) is 14.3. The molecule has 1 aromatic carbocycles. The number of hydrogen-bond acceptors (Lipinski definition) is 7. The minimum absolute atomic E-state index is 0.142. The number of hydrogen-bond donors (Lipinski definition) is 0. The van der Waals surface area contributed by atoms with Crippen molar-refractivity contribution in [2.75, 3.05) is 14.2 Å². The first-order chi connectivity index (χ1) is 16.5. The van der Waals surface area contributed by atoms with E-state index >= 15 is 0 Å². The van der Waals surface area contributed by atoms with Crippen LogP contribution in [0.4, 0.5) is 0 Å². The van der Waals surface area contributed by atoms with E-state index in [4.69, 9.17) is 14.3 Å². The number of ketones is 2. The molecule has 0 fully saturated rings. The molecule has 0 saturated carbocycles. The van der Waals surface area contributed by atoms with Gasteiger partial charge in [0.25, 0.3) is 0 Å². The molecule has 0 heterocycles. The standard InChI is InChI=1S/C27H37NO6/c1-5-7-9-10-11-12-13-15-24(31)34-28-20(14-8-6-2)19-18-23(32-3)25-21(29)16-17-22(30)26(25)27(19)33-4/h16-18H,5-15H2,1-4H3. The molecule has 7 nitrogen and oxygen atoms in total. The van der Waals surface area contributed by atoms with Crippen LogP contribution in [0.5, 0.6) is 11.5 Å². The maximum absolute atomic E-state index is 12.7. The highest BCUT2D eigenvalue weighted by Gasteiger charge is 2.31. The Morgan fingerprint density at radius 2 is 1.41 bits per heavy atom. The molecule has 0 aliphatic heterocycles. The van der Waals surface area contributed by atoms with E-state index in [2.05, 4.69) is 12.1 Å². The van der Waals surface area contributed by atoms with Gasteiger partial charge in [0, 0.05) is 12.0 Å². The topological polar surface area (TPSA) is 91.3 Å². The molecule has 0 aromatic heterocycles. The monoisotopic (exact) mass is 471 g/mol. The van der Waals surface area contributed by atoms with Gasteiger partial charge < -0.3 is 14.3 Å². The van der Waals surface area contributed by atoms with Crippen molar-refractivity contribution in [1.29, 1.82) is 0 Å². The van der Waals surface area contributed by atoms with Crippen molar-refractivity contribution in [3.8, 4) is 11.5 Å². The lowest BCUT2D eigenvalue weighted by Crippen LogP contribution is -2.18. The molecule has 0 bridgehead atoms. The van der Waals surface area contributed by atoms with Crippen molar-refractivity contribution in [1.82, 2.24) is 0 Å². The number of benzene rings is 1. The lowest BCUT2D eigenvalue weighted by Gasteiger charge is -2.20. The fraction of sp³-hybridized carbons (Fsp3) is 0.556. The van der Waals surface area contributed by atoms with E-state index in [0.717, 1.165) is 32.1 Å². The van der Waals surface area contributed by atoms with Gasteiger partial charge in [0.15, 0.2) is 11.6 Å². The maximum atomic E-state index is 12.7. The first-order valence-electron chi connectivity index (χ1n) is 12.3. The van der Waals surface area contributed by atoms with Gasteiger partial charge in [0.2, 0.25) is 0 Å². The maximum Gasteiger partial charge on any atom is 0.335 e. The van der Waals surface area contributed by atoms with Crippen LogP contribution in [0.2, 0.25) is 0 Å². The van der Waals surface area contributed by atoms with Crippen LogP contribution in [0.15, 0.2) is 23.4 Å². The number of carbonyl (C=O) groups is 3. The Morgan fingerprint density at radius 1 is 0.794 bits per heavy atom. The molecule has 0 amide bonds. The molecule has 0 saturated heterocycles. The zero-order valence-corrected chi connectivity index (χ0v) is 20.9. The molecule has 34 heavy (non-hydrogen) atoms. The number of ether oxygens (including phenoxy) is 2. The van der Waals surface area contributed by atoms with Crippen LogP contribution < -0.4 is 9.47 Å². The van der Waals surface area contributed by atoms with Crippen LogP contribution in [0.25, 0.3) is 0 Å².